The van der Waals surface area contributed by atoms with E-state index < -0.39 is 0 Å². The molecule has 0 spiro atoms. The van der Waals surface area contributed by atoms with Gasteiger partial charge in [0.25, 0.3) is 0 Å². The molecule has 0 saturated carbocycles. The Morgan fingerprint density at radius 1 is 0.407 bits per heavy atom. The Labute approximate surface area is 342 Å². The van der Waals surface area contributed by atoms with Crippen LogP contribution in [0.5, 0.6) is 0 Å². The summed E-state index contributed by atoms with van der Waals surface area (Å²) in [6.07, 6.45) is -0.393. The lowest BCUT2D eigenvalue weighted by Crippen LogP contribution is -2.45. The van der Waals surface area contributed by atoms with Gasteiger partial charge in [0, 0.05) is 33.2 Å². The number of aliphatic imine (C=N–C) groups is 1. The summed E-state index contributed by atoms with van der Waals surface area (Å²) in [5, 5.41) is 9.92. The lowest BCUT2D eigenvalue weighted by Gasteiger charge is -2.32. The molecule has 0 amide bonds. The molecule has 6 nitrogen and oxygen atoms in total. The Balaban J connectivity index is 1.01. The number of para-hydroxylation sites is 1. The van der Waals surface area contributed by atoms with Crippen molar-refractivity contribution in [1.29, 1.82) is 0 Å². The van der Waals surface area contributed by atoms with E-state index in [0.29, 0.717) is 0 Å². The number of nitrogens with one attached hydrogen (secondary N) is 2. The number of amidine groups is 1. The van der Waals surface area contributed by atoms with Crippen molar-refractivity contribution >= 4 is 38.7 Å². The second-order valence-electron chi connectivity index (χ2n) is 14.9. The Morgan fingerprint density at radius 2 is 0.983 bits per heavy atom. The van der Waals surface area contributed by atoms with Gasteiger partial charge in [0.15, 0.2) is 0 Å². The van der Waals surface area contributed by atoms with E-state index in [9.17, 15) is 0 Å². The molecule has 59 heavy (non-hydrogen) atoms. The topological polar surface area (TPSA) is 67.1 Å². The van der Waals surface area contributed by atoms with E-state index in [-0.39, 0.29) is 12.3 Å². The largest absolute Gasteiger partial charge is 0.350 e. The Bertz CT molecular complexity index is 3160. The number of fused-ring (bicyclic) bond motifs is 4. The third-order valence-electron chi connectivity index (χ3n) is 11.3. The summed E-state index contributed by atoms with van der Waals surface area (Å²) in [4.78, 5) is 15.6. The van der Waals surface area contributed by atoms with Crippen LogP contribution in [0, 0.1) is 0 Å². The summed E-state index contributed by atoms with van der Waals surface area (Å²) in [5.74, 6) is 0.863. The van der Waals surface area contributed by atoms with Crippen LogP contribution in [0.4, 0.5) is 0 Å². The molecule has 0 aliphatic carbocycles. The van der Waals surface area contributed by atoms with Crippen LogP contribution in [0.3, 0.4) is 0 Å². The molecule has 3 heterocycles. The number of aromatic nitrogens is 3. The van der Waals surface area contributed by atoms with Crippen LogP contribution in [-0.2, 0) is 0 Å². The Kier molecular flexibility index (Phi) is 8.60. The Morgan fingerprint density at radius 3 is 1.71 bits per heavy atom. The van der Waals surface area contributed by atoms with Crippen LogP contribution in [0.1, 0.15) is 29.0 Å². The van der Waals surface area contributed by atoms with Crippen LogP contribution < -0.4 is 10.6 Å². The van der Waals surface area contributed by atoms with Gasteiger partial charge in [0.05, 0.1) is 33.5 Å². The predicted octanol–water partition coefficient (Wildman–Crippen LogP) is 12.1. The van der Waals surface area contributed by atoms with Crippen LogP contribution in [0.2, 0.25) is 0 Å². The minimum Gasteiger partial charge on any atom is -0.350 e. The van der Waals surface area contributed by atoms with E-state index in [1.165, 1.54) is 10.8 Å². The molecule has 0 bridgehead atoms. The number of hydrogen-bond acceptors (Lipinski definition) is 5. The van der Waals surface area contributed by atoms with Gasteiger partial charge in [-0.1, -0.05) is 170 Å². The van der Waals surface area contributed by atoms with Gasteiger partial charge in [0.2, 0.25) is 0 Å². The van der Waals surface area contributed by atoms with Crippen molar-refractivity contribution in [2.75, 3.05) is 0 Å². The molecule has 6 heteroatoms. The maximum Gasteiger partial charge on any atom is 0.131 e. The molecule has 8 aromatic carbocycles. The predicted molar refractivity (Wildman–Crippen MR) is 241 cm³/mol. The summed E-state index contributed by atoms with van der Waals surface area (Å²) in [6.45, 7) is 0. The molecule has 1 aliphatic heterocycles. The summed E-state index contributed by atoms with van der Waals surface area (Å²) >= 11 is 0. The van der Waals surface area contributed by atoms with Gasteiger partial charge >= 0.3 is 0 Å². The van der Waals surface area contributed by atoms with Crippen molar-refractivity contribution in [1.82, 2.24) is 25.2 Å². The van der Waals surface area contributed by atoms with Gasteiger partial charge in [-0.15, -0.1) is 0 Å². The second kappa shape index (κ2) is 14.7. The van der Waals surface area contributed by atoms with Crippen LogP contribution in [0.15, 0.2) is 211 Å². The van der Waals surface area contributed by atoms with Gasteiger partial charge in [0.1, 0.15) is 18.2 Å². The number of rotatable bonds is 7. The fourth-order valence-corrected chi connectivity index (χ4v) is 8.38. The average molecular weight is 759 g/mol. The summed E-state index contributed by atoms with van der Waals surface area (Å²) in [5.41, 5.74) is 14.4. The molecule has 0 radical (unpaired) electrons. The molecule has 2 unspecified atom stereocenters. The lowest BCUT2D eigenvalue weighted by atomic mass is 10.0. The van der Waals surface area contributed by atoms with Gasteiger partial charge in [-0.05, 0) is 58.7 Å². The quantitative estimate of drug-likeness (QED) is 0.170. The SMILES string of the molecule is c1ccc(C2=NC(c3ccccc3)NC(c3cccc(-n4c5ccccc5c5ccc(-c6ccc7nc(-c8ccccc8)c(-c8ccccc8)nc7c6)cc54)c3)N2)cc1. The fourth-order valence-electron chi connectivity index (χ4n) is 8.38. The van der Waals surface area contributed by atoms with E-state index in [1.807, 2.05) is 36.4 Å². The average Bonchev–Trinajstić information content (AvgIpc) is 3.65. The van der Waals surface area contributed by atoms with Crippen LogP contribution in [0.25, 0.3) is 72.2 Å². The highest BCUT2D eigenvalue weighted by Crippen LogP contribution is 2.37. The normalized spacial score (nSPS) is 15.3. The minimum absolute atomic E-state index is 0.182. The molecule has 280 valence electrons. The third-order valence-corrected chi connectivity index (χ3v) is 11.3. The molecule has 2 N–H and O–H groups in total. The molecular formula is C53H38N6. The fraction of sp³-hybridized carbons (Fsp3) is 0.0377. The van der Waals surface area contributed by atoms with Gasteiger partial charge in [-0.25, -0.2) is 15.0 Å². The first-order chi connectivity index (χ1) is 29.2. The summed E-state index contributed by atoms with van der Waals surface area (Å²) in [7, 11) is 0. The van der Waals surface area contributed by atoms with Crippen molar-refractivity contribution < 1.29 is 0 Å². The van der Waals surface area contributed by atoms with Gasteiger partial charge < -0.3 is 9.88 Å². The molecule has 1 aliphatic rings. The molecule has 11 rings (SSSR count). The number of nitrogens with zero attached hydrogens (tertiary/aromatic N) is 4. The summed E-state index contributed by atoms with van der Waals surface area (Å²) < 4.78 is 2.39. The molecule has 0 fully saturated rings. The number of hydrogen-bond donors (Lipinski definition) is 2. The van der Waals surface area contributed by atoms with E-state index in [0.717, 1.165) is 83.9 Å². The number of benzene rings is 8. The van der Waals surface area contributed by atoms with Crippen molar-refractivity contribution in [2.45, 2.75) is 12.3 Å². The maximum atomic E-state index is 5.29. The summed E-state index contributed by atoms with van der Waals surface area (Å²) in [6, 6.07) is 72.2. The van der Waals surface area contributed by atoms with E-state index in [1.54, 1.807) is 0 Å². The Hall–Kier alpha value is -7.67. The standard InChI is InChI=1S/C53H38N6/c1-5-16-35(17-6-1)49-50(36-18-7-2-8-19-36)55-46-33-39(29-31-45(46)54-49)40-28-30-44-43-26-13-14-27-47(43)59(48(44)34-40)42-25-15-24-41(32-42)53-57-51(37-20-9-3-10-21-37)56-52(58-53)38-22-11-4-12-23-38/h1-34,51,53,57H,(H,56,58). The molecule has 2 aromatic heterocycles. The molecule has 0 saturated heterocycles. The first-order valence-electron chi connectivity index (χ1n) is 20.0. The van der Waals surface area contributed by atoms with Crippen molar-refractivity contribution in [2.24, 2.45) is 4.99 Å². The second-order valence-corrected chi connectivity index (χ2v) is 14.9. The minimum atomic E-state index is -0.211. The highest BCUT2D eigenvalue weighted by atomic mass is 15.3. The zero-order chi connectivity index (χ0) is 39.1. The van der Waals surface area contributed by atoms with Crippen molar-refractivity contribution in [3.05, 3.63) is 223 Å². The van der Waals surface area contributed by atoms with Crippen LogP contribution >= 0.6 is 0 Å². The smallest absolute Gasteiger partial charge is 0.131 e. The third kappa shape index (κ3) is 6.42. The van der Waals surface area contributed by atoms with Gasteiger partial charge in [-0.2, -0.15) is 0 Å². The zero-order valence-corrected chi connectivity index (χ0v) is 32.1. The van der Waals surface area contributed by atoms with E-state index in [4.69, 9.17) is 15.0 Å². The highest BCUT2D eigenvalue weighted by molar-refractivity contribution is 6.10. The van der Waals surface area contributed by atoms with E-state index in [2.05, 4.69) is 185 Å². The zero-order valence-electron chi connectivity index (χ0n) is 32.1. The first kappa shape index (κ1) is 34.6. The maximum absolute atomic E-state index is 5.29. The molecular weight excluding hydrogens is 721 g/mol. The molecule has 2 atom stereocenters. The lowest BCUT2D eigenvalue weighted by molar-refractivity contribution is 0.409. The van der Waals surface area contributed by atoms with Gasteiger partial charge in [-0.3, -0.25) is 5.32 Å². The first-order valence-corrected chi connectivity index (χ1v) is 20.0. The molecule has 10 aromatic rings. The van der Waals surface area contributed by atoms with Crippen LogP contribution in [-0.4, -0.2) is 20.4 Å². The van der Waals surface area contributed by atoms with E-state index >= 15 is 0 Å². The highest BCUT2D eigenvalue weighted by Gasteiger charge is 2.26. The van der Waals surface area contributed by atoms with Crippen molar-refractivity contribution in [3.8, 4) is 39.3 Å². The monoisotopic (exact) mass is 758 g/mol. The van der Waals surface area contributed by atoms with Crippen molar-refractivity contribution in [3.63, 3.8) is 0 Å².